The van der Waals surface area contributed by atoms with Crippen molar-refractivity contribution < 1.29 is 23.9 Å². The summed E-state index contributed by atoms with van der Waals surface area (Å²) in [6.45, 7) is 6.68. The molecule has 2 fully saturated rings. The molecule has 2 saturated heterocycles. The molecule has 0 bridgehead atoms. The van der Waals surface area contributed by atoms with Gasteiger partial charge in [-0.15, -0.1) is 0 Å². The minimum Gasteiger partial charge on any atom is -0.399 e. The first kappa shape index (κ1) is 29.5. The van der Waals surface area contributed by atoms with Crippen molar-refractivity contribution in [1.29, 1.82) is 0 Å². The lowest BCUT2D eigenvalue weighted by Crippen LogP contribution is -2.61. The Hall–Kier alpha value is -3.48. The molecule has 3 amide bonds. The van der Waals surface area contributed by atoms with Crippen molar-refractivity contribution in [2.24, 2.45) is 16.9 Å². The van der Waals surface area contributed by atoms with Gasteiger partial charge in [0.05, 0.1) is 35.7 Å². The van der Waals surface area contributed by atoms with E-state index in [1.54, 1.807) is 18.3 Å². The van der Waals surface area contributed by atoms with E-state index in [9.17, 15) is 19.2 Å². The quantitative estimate of drug-likeness (QED) is 0.135. The molecule has 12 nitrogen and oxygen atoms in total. The van der Waals surface area contributed by atoms with E-state index in [0.29, 0.717) is 42.9 Å². The monoisotopic (exact) mass is 555 g/mol. The maximum absolute atomic E-state index is 13.5. The molecule has 1 atom stereocenters. The fourth-order valence-corrected chi connectivity index (χ4v) is 5.84. The molecule has 1 aromatic carbocycles. The molecule has 12 heteroatoms. The van der Waals surface area contributed by atoms with Gasteiger partial charge in [0.25, 0.3) is 11.8 Å². The van der Waals surface area contributed by atoms with Crippen molar-refractivity contribution in [1.82, 2.24) is 20.4 Å². The summed E-state index contributed by atoms with van der Waals surface area (Å²) < 4.78 is 5.32. The van der Waals surface area contributed by atoms with E-state index in [-0.39, 0.29) is 18.3 Å². The molecule has 4 rings (SSSR count). The van der Waals surface area contributed by atoms with Crippen LogP contribution in [0.2, 0.25) is 0 Å². The highest BCUT2D eigenvalue weighted by Crippen LogP contribution is 2.45. The number of nitrogens with zero attached hydrogens (tertiary/aromatic N) is 3. The first-order valence-corrected chi connectivity index (χ1v) is 13.9. The van der Waals surface area contributed by atoms with Gasteiger partial charge in [0, 0.05) is 57.8 Å². The number of aldehydes is 1. The van der Waals surface area contributed by atoms with E-state index >= 15 is 0 Å². The molecule has 3 heterocycles. The lowest BCUT2D eigenvalue weighted by molar-refractivity contribution is -0.124. The van der Waals surface area contributed by atoms with E-state index in [0.717, 1.165) is 62.7 Å². The lowest BCUT2D eigenvalue weighted by atomic mass is 9.71. The Morgan fingerprint density at radius 3 is 2.62 bits per heavy atom. The number of imide groups is 1. The smallest absolute Gasteiger partial charge is 0.264 e. The highest BCUT2D eigenvalue weighted by atomic mass is 16.5. The van der Waals surface area contributed by atoms with Crippen LogP contribution in [0.5, 0.6) is 0 Å². The van der Waals surface area contributed by atoms with E-state index in [1.165, 1.54) is 7.05 Å². The Morgan fingerprint density at radius 1 is 1.20 bits per heavy atom. The summed E-state index contributed by atoms with van der Waals surface area (Å²) >= 11 is 0. The van der Waals surface area contributed by atoms with Gasteiger partial charge in [0.15, 0.2) is 0 Å². The Labute approximate surface area is 235 Å². The van der Waals surface area contributed by atoms with Crippen molar-refractivity contribution >= 4 is 29.7 Å². The second-order valence-electron chi connectivity index (χ2n) is 10.8. The standard InChI is InChI=1S/C28H41N7O5/c1-31-25(37)23(6-3-14-36)35-26(38)21-4-2-5-22(24(21)27(35)39)34-18-28(19-34)7-11-33(12-8-28)13-10-32-16-20(30)17-40-15-9-29/h2,4-5,14,16,23,32H,3,6-13,15,17-19,29-30H2,1H3,(H,31,37)/b20-16-. The van der Waals surface area contributed by atoms with Gasteiger partial charge in [0.1, 0.15) is 12.3 Å². The molecule has 0 saturated carbocycles. The fourth-order valence-electron chi connectivity index (χ4n) is 5.84. The van der Waals surface area contributed by atoms with Crippen LogP contribution < -0.4 is 27.0 Å². The van der Waals surface area contributed by atoms with Crippen LogP contribution in [0.25, 0.3) is 0 Å². The van der Waals surface area contributed by atoms with E-state index in [4.69, 9.17) is 16.2 Å². The summed E-state index contributed by atoms with van der Waals surface area (Å²) in [5, 5.41) is 5.76. The number of ether oxygens (including phenoxy) is 1. The number of nitrogens with one attached hydrogen (secondary N) is 2. The number of piperidine rings is 1. The summed E-state index contributed by atoms with van der Waals surface area (Å²) in [7, 11) is 1.45. The van der Waals surface area contributed by atoms with Crippen LogP contribution >= 0.6 is 0 Å². The molecule has 40 heavy (non-hydrogen) atoms. The van der Waals surface area contributed by atoms with E-state index in [2.05, 4.69) is 20.4 Å². The second-order valence-corrected chi connectivity index (χ2v) is 10.8. The van der Waals surface area contributed by atoms with Crippen LogP contribution in [0.15, 0.2) is 30.1 Å². The number of carbonyl (C=O) groups is 4. The molecule has 6 N–H and O–H groups in total. The third-order valence-electron chi connectivity index (χ3n) is 8.04. The predicted octanol–water partition coefficient (Wildman–Crippen LogP) is -0.356. The summed E-state index contributed by atoms with van der Waals surface area (Å²) in [6.07, 6.45) is 4.77. The predicted molar refractivity (Wildman–Crippen MR) is 151 cm³/mol. The van der Waals surface area contributed by atoms with Gasteiger partial charge < -0.3 is 41.4 Å². The van der Waals surface area contributed by atoms with E-state index < -0.39 is 23.8 Å². The number of benzene rings is 1. The zero-order valence-corrected chi connectivity index (χ0v) is 23.2. The average Bonchev–Trinajstić information content (AvgIpc) is 3.20. The van der Waals surface area contributed by atoms with Gasteiger partial charge in [0.2, 0.25) is 5.91 Å². The largest absolute Gasteiger partial charge is 0.399 e. The van der Waals surface area contributed by atoms with Gasteiger partial charge >= 0.3 is 0 Å². The molecule has 218 valence electrons. The summed E-state index contributed by atoms with van der Waals surface area (Å²) in [6, 6.07) is 4.28. The molecule has 3 aliphatic rings. The van der Waals surface area contributed by atoms with Crippen molar-refractivity contribution in [3.63, 3.8) is 0 Å². The van der Waals surface area contributed by atoms with Crippen LogP contribution in [-0.2, 0) is 14.3 Å². The highest BCUT2D eigenvalue weighted by molar-refractivity contribution is 6.25. The molecule has 3 aliphatic heterocycles. The van der Waals surface area contributed by atoms with Crippen molar-refractivity contribution in [3.8, 4) is 0 Å². The van der Waals surface area contributed by atoms with Crippen LogP contribution in [0, 0.1) is 5.41 Å². The van der Waals surface area contributed by atoms with E-state index in [1.807, 2.05) is 6.07 Å². The third-order valence-corrected chi connectivity index (χ3v) is 8.04. The molecule has 0 aromatic heterocycles. The number of anilines is 1. The molecule has 1 aromatic rings. The Kier molecular flexibility index (Phi) is 9.77. The van der Waals surface area contributed by atoms with Crippen LogP contribution in [0.4, 0.5) is 5.69 Å². The average molecular weight is 556 g/mol. The molecule has 1 unspecified atom stereocenters. The number of hydrogen-bond acceptors (Lipinski definition) is 10. The topological polar surface area (TPSA) is 163 Å². The van der Waals surface area contributed by atoms with Gasteiger partial charge in [-0.1, -0.05) is 6.07 Å². The van der Waals surface area contributed by atoms with Gasteiger partial charge in [-0.3, -0.25) is 19.3 Å². The van der Waals surface area contributed by atoms with Crippen LogP contribution in [0.1, 0.15) is 46.4 Å². The van der Waals surface area contributed by atoms with Crippen molar-refractivity contribution in [2.45, 2.75) is 31.7 Å². The number of hydrogen-bond donors (Lipinski definition) is 4. The van der Waals surface area contributed by atoms with Crippen LogP contribution in [-0.4, -0.2) is 106 Å². The number of likely N-dealkylation sites (N-methyl/N-ethyl adjacent to an activating group) is 1. The van der Waals surface area contributed by atoms with Gasteiger partial charge in [-0.25, -0.2) is 0 Å². The van der Waals surface area contributed by atoms with Crippen molar-refractivity contribution in [2.75, 3.05) is 71.0 Å². The zero-order chi connectivity index (χ0) is 28.7. The molecule has 0 aliphatic carbocycles. The second kappa shape index (κ2) is 13.2. The Morgan fingerprint density at radius 2 is 1.95 bits per heavy atom. The molecular formula is C28H41N7O5. The number of carbonyl (C=O) groups excluding carboxylic acids is 4. The number of fused-ring (bicyclic) bond motifs is 1. The molecule has 0 radical (unpaired) electrons. The summed E-state index contributed by atoms with van der Waals surface area (Å²) in [5.74, 6) is -1.42. The minimum absolute atomic E-state index is 0.0784. The maximum atomic E-state index is 13.5. The fraction of sp³-hybridized carbons (Fsp3) is 0.571. The third kappa shape index (κ3) is 6.29. The first-order valence-electron chi connectivity index (χ1n) is 13.9. The highest BCUT2D eigenvalue weighted by Gasteiger charge is 2.49. The number of amides is 3. The van der Waals surface area contributed by atoms with Crippen LogP contribution in [0.3, 0.4) is 0 Å². The SMILES string of the molecule is CNC(=O)C(CCC=O)N1C(=O)c2cccc(N3CC4(CCN(CCN/C=C(\N)COCCN)CC4)C3)c2C1=O. The van der Waals surface area contributed by atoms with Gasteiger partial charge in [-0.2, -0.15) is 0 Å². The minimum atomic E-state index is -1.02. The van der Waals surface area contributed by atoms with Gasteiger partial charge in [-0.05, 0) is 44.5 Å². The Bertz CT molecular complexity index is 1120. The maximum Gasteiger partial charge on any atom is 0.264 e. The van der Waals surface area contributed by atoms with Crippen molar-refractivity contribution in [3.05, 3.63) is 41.2 Å². The number of likely N-dealkylation sites (tertiary alicyclic amines) is 1. The number of nitrogens with two attached hydrogens (primary N) is 2. The first-order chi connectivity index (χ1) is 19.3. The zero-order valence-electron chi connectivity index (χ0n) is 23.2. The molecular weight excluding hydrogens is 514 g/mol. The summed E-state index contributed by atoms with van der Waals surface area (Å²) in [4.78, 5) is 55.9. The number of rotatable bonds is 14. The lowest BCUT2D eigenvalue weighted by Gasteiger charge is -2.55. The normalized spacial score (nSPS) is 19.4. The Balaban J connectivity index is 1.31. The summed E-state index contributed by atoms with van der Waals surface area (Å²) in [5.41, 5.74) is 13.5. The molecule has 1 spiro atoms.